The Bertz CT molecular complexity index is 347. The van der Waals surface area contributed by atoms with Crippen LogP contribution >= 0.6 is 0 Å². The summed E-state index contributed by atoms with van der Waals surface area (Å²) < 4.78 is 0. The molecule has 0 aliphatic heterocycles. The van der Waals surface area contributed by atoms with Gasteiger partial charge in [-0.1, -0.05) is 19.3 Å². The third-order valence-electron chi connectivity index (χ3n) is 3.23. The molecule has 1 aliphatic rings. The molecular formula is C12H17N3O. The minimum absolute atomic E-state index is 0.0139. The van der Waals surface area contributed by atoms with Crippen LogP contribution in [0.5, 0.6) is 0 Å². The predicted octanol–water partition coefficient (Wildman–Crippen LogP) is 1.88. The molecule has 1 aliphatic carbocycles. The van der Waals surface area contributed by atoms with E-state index in [0.29, 0.717) is 11.7 Å². The standard InChI is InChI=1S/C12H17N3O/c1-15(10-5-3-2-4-6-10)12(16)11-9-13-7-8-14-11/h7-10H,2-6H2,1H3. The predicted molar refractivity (Wildman–Crippen MR) is 61.0 cm³/mol. The molecule has 4 heteroatoms. The Hall–Kier alpha value is -1.45. The largest absolute Gasteiger partial charge is 0.337 e. The van der Waals surface area contributed by atoms with Crippen molar-refractivity contribution in [2.24, 2.45) is 0 Å². The SMILES string of the molecule is CN(C(=O)c1cnccn1)C1CCCCC1. The van der Waals surface area contributed by atoms with Crippen molar-refractivity contribution < 1.29 is 4.79 Å². The summed E-state index contributed by atoms with van der Waals surface area (Å²) in [7, 11) is 1.87. The third-order valence-corrected chi connectivity index (χ3v) is 3.23. The van der Waals surface area contributed by atoms with Crippen LogP contribution in [0.2, 0.25) is 0 Å². The summed E-state index contributed by atoms with van der Waals surface area (Å²) in [6, 6.07) is 0.378. The maximum absolute atomic E-state index is 12.1. The lowest BCUT2D eigenvalue weighted by Gasteiger charge is -2.30. The summed E-state index contributed by atoms with van der Waals surface area (Å²) in [5.74, 6) is -0.0139. The number of amides is 1. The van der Waals surface area contributed by atoms with Crippen molar-refractivity contribution in [1.29, 1.82) is 0 Å². The average molecular weight is 219 g/mol. The van der Waals surface area contributed by atoms with Gasteiger partial charge in [0.25, 0.3) is 5.91 Å². The van der Waals surface area contributed by atoms with Gasteiger partial charge in [0.05, 0.1) is 6.20 Å². The first kappa shape index (κ1) is 11.0. The van der Waals surface area contributed by atoms with E-state index in [1.54, 1.807) is 12.4 Å². The molecule has 1 aromatic rings. The maximum atomic E-state index is 12.1. The van der Waals surface area contributed by atoms with Crippen LogP contribution in [-0.2, 0) is 0 Å². The Morgan fingerprint density at radius 1 is 1.31 bits per heavy atom. The van der Waals surface area contributed by atoms with Crippen molar-refractivity contribution in [2.75, 3.05) is 7.05 Å². The fraction of sp³-hybridized carbons (Fsp3) is 0.583. The van der Waals surface area contributed by atoms with Gasteiger partial charge >= 0.3 is 0 Å². The van der Waals surface area contributed by atoms with E-state index in [9.17, 15) is 4.79 Å². The van der Waals surface area contributed by atoms with Gasteiger partial charge in [0.15, 0.2) is 0 Å². The van der Waals surface area contributed by atoms with Crippen molar-refractivity contribution in [2.45, 2.75) is 38.1 Å². The monoisotopic (exact) mass is 219 g/mol. The lowest BCUT2D eigenvalue weighted by atomic mass is 9.94. The van der Waals surface area contributed by atoms with E-state index in [0.717, 1.165) is 12.8 Å². The number of rotatable bonds is 2. The summed E-state index contributed by atoms with van der Waals surface area (Å²) in [4.78, 5) is 21.9. The Morgan fingerprint density at radius 2 is 2.06 bits per heavy atom. The van der Waals surface area contributed by atoms with E-state index in [4.69, 9.17) is 0 Å². The molecule has 0 bridgehead atoms. The zero-order chi connectivity index (χ0) is 11.4. The second kappa shape index (κ2) is 5.05. The van der Waals surface area contributed by atoms with E-state index >= 15 is 0 Å². The summed E-state index contributed by atoms with van der Waals surface area (Å²) in [6.07, 6.45) is 10.6. The zero-order valence-corrected chi connectivity index (χ0v) is 9.59. The highest BCUT2D eigenvalue weighted by Crippen LogP contribution is 2.22. The molecule has 1 aromatic heterocycles. The fourth-order valence-corrected chi connectivity index (χ4v) is 2.22. The van der Waals surface area contributed by atoms with Crippen molar-refractivity contribution in [3.63, 3.8) is 0 Å². The quantitative estimate of drug-likeness (QED) is 0.763. The molecule has 0 unspecified atom stereocenters. The van der Waals surface area contributed by atoms with E-state index in [-0.39, 0.29) is 5.91 Å². The molecule has 1 heterocycles. The normalized spacial score (nSPS) is 17.1. The van der Waals surface area contributed by atoms with Gasteiger partial charge in [0.1, 0.15) is 5.69 Å². The average Bonchev–Trinajstić information content (AvgIpc) is 2.39. The van der Waals surface area contributed by atoms with E-state index in [2.05, 4.69) is 9.97 Å². The first-order chi connectivity index (χ1) is 7.79. The lowest BCUT2D eigenvalue weighted by molar-refractivity contribution is 0.0690. The van der Waals surface area contributed by atoms with Crippen LogP contribution in [0.3, 0.4) is 0 Å². The minimum Gasteiger partial charge on any atom is -0.337 e. The Morgan fingerprint density at radius 3 is 2.69 bits per heavy atom. The molecule has 4 nitrogen and oxygen atoms in total. The topological polar surface area (TPSA) is 46.1 Å². The van der Waals surface area contributed by atoms with Gasteiger partial charge in [0.2, 0.25) is 0 Å². The first-order valence-electron chi connectivity index (χ1n) is 5.82. The van der Waals surface area contributed by atoms with Gasteiger partial charge in [-0.15, -0.1) is 0 Å². The van der Waals surface area contributed by atoms with Crippen LogP contribution in [0.15, 0.2) is 18.6 Å². The van der Waals surface area contributed by atoms with Crippen molar-refractivity contribution in [1.82, 2.24) is 14.9 Å². The van der Waals surface area contributed by atoms with Crippen LogP contribution in [0.1, 0.15) is 42.6 Å². The second-order valence-corrected chi connectivity index (χ2v) is 4.30. The summed E-state index contributed by atoms with van der Waals surface area (Å²) in [6.45, 7) is 0. The van der Waals surface area contributed by atoms with Gasteiger partial charge in [-0.3, -0.25) is 9.78 Å². The first-order valence-corrected chi connectivity index (χ1v) is 5.82. The van der Waals surface area contributed by atoms with Crippen LogP contribution in [0.4, 0.5) is 0 Å². The Kier molecular flexibility index (Phi) is 3.49. The highest BCUT2D eigenvalue weighted by atomic mass is 16.2. The fourth-order valence-electron chi connectivity index (χ4n) is 2.22. The van der Waals surface area contributed by atoms with E-state index < -0.39 is 0 Å². The van der Waals surface area contributed by atoms with Crippen molar-refractivity contribution in [3.05, 3.63) is 24.3 Å². The van der Waals surface area contributed by atoms with Crippen molar-refractivity contribution >= 4 is 5.91 Å². The van der Waals surface area contributed by atoms with Crippen LogP contribution in [0.25, 0.3) is 0 Å². The molecular weight excluding hydrogens is 202 g/mol. The molecule has 0 radical (unpaired) electrons. The van der Waals surface area contributed by atoms with E-state index in [1.165, 1.54) is 25.5 Å². The second-order valence-electron chi connectivity index (χ2n) is 4.30. The minimum atomic E-state index is -0.0139. The number of carbonyl (C=O) groups excluding carboxylic acids is 1. The van der Waals surface area contributed by atoms with Crippen LogP contribution < -0.4 is 0 Å². The molecule has 16 heavy (non-hydrogen) atoms. The number of nitrogens with zero attached hydrogens (tertiary/aromatic N) is 3. The molecule has 1 amide bonds. The number of carbonyl (C=O) groups is 1. The van der Waals surface area contributed by atoms with Gasteiger partial charge in [-0.05, 0) is 12.8 Å². The molecule has 0 N–H and O–H groups in total. The maximum Gasteiger partial charge on any atom is 0.274 e. The molecule has 0 atom stereocenters. The number of hydrogen-bond donors (Lipinski definition) is 0. The lowest BCUT2D eigenvalue weighted by Crippen LogP contribution is -2.38. The number of hydrogen-bond acceptors (Lipinski definition) is 3. The highest BCUT2D eigenvalue weighted by Gasteiger charge is 2.23. The summed E-state index contributed by atoms with van der Waals surface area (Å²) in [5, 5.41) is 0. The molecule has 2 rings (SSSR count). The highest BCUT2D eigenvalue weighted by molar-refractivity contribution is 5.91. The molecule has 0 aromatic carbocycles. The van der Waals surface area contributed by atoms with Gasteiger partial charge < -0.3 is 4.90 Å². The Balaban J connectivity index is 2.04. The molecule has 1 saturated carbocycles. The summed E-state index contributed by atoms with van der Waals surface area (Å²) >= 11 is 0. The Labute approximate surface area is 95.7 Å². The smallest absolute Gasteiger partial charge is 0.274 e. The van der Waals surface area contributed by atoms with Crippen LogP contribution in [0, 0.1) is 0 Å². The van der Waals surface area contributed by atoms with E-state index in [1.807, 2.05) is 11.9 Å². The molecule has 0 spiro atoms. The van der Waals surface area contributed by atoms with Crippen molar-refractivity contribution in [3.8, 4) is 0 Å². The summed E-state index contributed by atoms with van der Waals surface area (Å²) in [5.41, 5.74) is 0.440. The van der Waals surface area contributed by atoms with Gasteiger partial charge in [0, 0.05) is 25.5 Å². The molecule has 86 valence electrons. The third kappa shape index (κ3) is 2.38. The van der Waals surface area contributed by atoms with Gasteiger partial charge in [-0.25, -0.2) is 4.98 Å². The number of aromatic nitrogens is 2. The van der Waals surface area contributed by atoms with Crippen LogP contribution in [-0.4, -0.2) is 33.9 Å². The molecule has 0 saturated heterocycles. The van der Waals surface area contributed by atoms with Gasteiger partial charge in [-0.2, -0.15) is 0 Å². The zero-order valence-electron chi connectivity index (χ0n) is 9.59. The molecule has 1 fully saturated rings.